The number of ketones is 1. The van der Waals surface area contributed by atoms with Crippen LogP contribution in [0.3, 0.4) is 0 Å². The minimum atomic E-state index is -3.55. The van der Waals surface area contributed by atoms with Gasteiger partial charge in [-0.15, -0.1) is 0 Å². The Labute approximate surface area is 114 Å². The van der Waals surface area contributed by atoms with Gasteiger partial charge in [0.2, 0.25) is 10.0 Å². The Balaban J connectivity index is 2.80. The van der Waals surface area contributed by atoms with Gasteiger partial charge in [0.25, 0.3) is 0 Å². The molecule has 106 valence electrons. The van der Waals surface area contributed by atoms with Gasteiger partial charge in [0.05, 0.1) is 4.90 Å². The second-order valence-electron chi connectivity index (χ2n) is 4.20. The van der Waals surface area contributed by atoms with Crippen LogP contribution in [0.4, 0.5) is 0 Å². The summed E-state index contributed by atoms with van der Waals surface area (Å²) < 4.78 is 26.5. The van der Waals surface area contributed by atoms with Crippen molar-refractivity contribution in [2.75, 3.05) is 13.1 Å². The van der Waals surface area contributed by atoms with Crippen LogP contribution in [0.1, 0.15) is 36.5 Å². The van der Waals surface area contributed by atoms with Gasteiger partial charge >= 0.3 is 0 Å². The molecule has 0 heterocycles. The molecule has 1 aromatic carbocycles. The van der Waals surface area contributed by atoms with Crippen LogP contribution in [-0.4, -0.2) is 27.3 Å². The molecule has 0 fully saturated rings. The Hall–Kier alpha value is -1.24. The highest BCUT2D eigenvalue weighted by atomic mass is 32.2. The summed E-state index contributed by atoms with van der Waals surface area (Å²) in [5, 5.41) is 0. The molecule has 0 aromatic heterocycles. The van der Waals surface area contributed by atoms with Crippen molar-refractivity contribution < 1.29 is 13.2 Å². The maximum absolute atomic E-state index is 12.0. The Bertz CT molecular complexity index is 526. The molecular formula is C13H20N2O3S. The Morgan fingerprint density at radius 3 is 2.68 bits per heavy atom. The molecule has 0 spiro atoms. The van der Waals surface area contributed by atoms with Gasteiger partial charge in [-0.2, -0.15) is 0 Å². The quantitative estimate of drug-likeness (QED) is 0.556. The first-order valence-electron chi connectivity index (χ1n) is 6.34. The summed E-state index contributed by atoms with van der Waals surface area (Å²) in [7, 11) is -3.55. The first kappa shape index (κ1) is 15.8. The van der Waals surface area contributed by atoms with Crippen LogP contribution in [-0.2, 0) is 10.0 Å². The number of nitrogens with two attached hydrogens (primary N) is 1. The van der Waals surface area contributed by atoms with Gasteiger partial charge in [0, 0.05) is 18.5 Å². The zero-order valence-electron chi connectivity index (χ0n) is 11.1. The molecule has 0 saturated carbocycles. The van der Waals surface area contributed by atoms with E-state index in [0.29, 0.717) is 31.5 Å². The minimum Gasteiger partial charge on any atom is -0.330 e. The molecule has 0 unspecified atom stereocenters. The van der Waals surface area contributed by atoms with Crippen LogP contribution in [0.25, 0.3) is 0 Å². The van der Waals surface area contributed by atoms with E-state index in [1.807, 2.05) is 0 Å². The number of unbranched alkanes of at least 4 members (excludes halogenated alkanes) is 1. The van der Waals surface area contributed by atoms with Crippen molar-refractivity contribution in [1.29, 1.82) is 0 Å². The van der Waals surface area contributed by atoms with E-state index < -0.39 is 10.0 Å². The molecule has 0 aliphatic carbocycles. The average Bonchev–Trinajstić information content (AvgIpc) is 2.43. The molecule has 6 heteroatoms. The van der Waals surface area contributed by atoms with Crippen molar-refractivity contribution in [1.82, 2.24) is 4.72 Å². The summed E-state index contributed by atoms with van der Waals surface area (Å²) in [5.41, 5.74) is 5.77. The lowest BCUT2D eigenvalue weighted by Crippen LogP contribution is -2.25. The standard InChI is InChI=1S/C13H20N2O3S/c1-2-13(16)11-6-5-7-12(10-11)19(17,18)15-9-4-3-8-14/h5-7,10,15H,2-4,8-9,14H2,1H3. The molecule has 3 N–H and O–H groups in total. The highest BCUT2D eigenvalue weighted by molar-refractivity contribution is 7.89. The van der Waals surface area contributed by atoms with Crippen molar-refractivity contribution in [3.05, 3.63) is 29.8 Å². The Kier molecular flexibility index (Phi) is 6.14. The fraction of sp³-hybridized carbons (Fsp3) is 0.462. The number of benzene rings is 1. The van der Waals surface area contributed by atoms with E-state index in [1.54, 1.807) is 19.1 Å². The monoisotopic (exact) mass is 284 g/mol. The van der Waals surface area contributed by atoms with E-state index >= 15 is 0 Å². The van der Waals surface area contributed by atoms with E-state index in [1.165, 1.54) is 12.1 Å². The first-order valence-corrected chi connectivity index (χ1v) is 7.82. The lowest BCUT2D eigenvalue weighted by Gasteiger charge is -2.07. The van der Waals surface area contributed by atoms with Crippen molar-refractivity contribution >= 4 is 15.8 Å². The fourth-order valence-corrected chi connectivity index (χ4v) is 2.72. The van der Waals surface area contributed by atoms with Crippen molar-refractivity contribution in [3.63, 3.8) is 0 Å². The smallest absolute Gasteiger partial charge is 0.240 e. The van der Waals surface area contributed by atoms with E-state index in [2.05, 4.69) is 4.72 Å². The van der Waals surface area contributed by atoms with Gasteiger partial charge in [-0.3, -0.25) is 4.79 Å². The summed E-state index contributed by atoms with van der Waals surface area (Å²) in [6.45, 7) is 2.64. The lowest BCUT2D eigenvalue weighted by molar-refractivity contribution is 0.0988. The zero-order chi connectivity index (χ0) is 14.3. The predicted octanol–water partition coefficient (Wildman–Crippen LogP) is 1.30. The van der Waals surface area contributed by atoms with Crippen molar-refractivity contribution in [2.45, 2.75) is 31.1 Å². The average molecular weight is 284 g/mol. The number of carbonyl (C=O) groups excluding carboxylic acids is 1. The van der Waals surface area contributed by atoms with Gasteiger partial charge in [-0.1, -0.05) is 19.1 Å². The molecule has 0 atom stereocenters. The number of carbonyl (C=O) groups is 1. The lowest BCUT2D eigenvalue weighted by atomic mass is 10.1. The summed E-state index contributed by atoms with van der Waals surface area (Å²) in [5.74, 6) is -0.0693. The van der Waals surface area contributed by atoms with Gasteiger partial charge in [0.1, 0.15) is 0 Å². The molecule has 1 aromatic rings. The number of Topliss-reactive ketones (excluding diaryl/α,β-unsaturated/α-hetero) is 1. The summed E-state index contributed by atoms with van der Waals surface area (Å²) >= 11 is 0. The topological polar surface area (TPSA) is 89.3 Å². The predicted molar refractivity (Wildman–Crippen MR) is 74.5 cm³/mol. The highest BCUT2D eigenvalue weighted by Gasteiger charge is 2.15. The third kappa shape index (κ3) is 4.74. The number of nitrogens with one attached hydrogen (secondary N) is 1. The van der Waals surface area contributed by atoms with Crippen LogP contribution in [0.15, 0.2) is 29.2 Å². The van der Waals surface area contributed by atoms with Crippen LogP contribution in [0.5, 0.6) is 0 Å². The minimum absolute atomic E-state index is 0.0693. The van der Waals surface area contributed by atoms with Crippen molar-refractivity contribution in [2.24, 2.45) is 5.73 Å². The molecule has 5 nitrogen and oxygen atoms in total. The van der Waals surface area contributed by atoms with Gasteiger partial charge < -0.3 is 5.73 Å². The molecule has 0 radical (unpaired) electrons. The summed E-state index contributed by atoms with van der Waals surface area (Å²) in [6.07, 6.45) is 1.83. The summed E-state index contributed by atoms with van der Waals surface area (Å²) in [6, 6.07) is 6.10. The SMILES string of the molecule is CCC(=O)c1cccc(S(=O)(=O)NCCCCN)c1. The van der Waals surface area contributed by atoms with Crippen LogP contribution in [0, 0.1) is 0 Å². The molecular weight excluding hydrogens is 264 g/mol. The second-order valence-corrected chi connectivity index (χ2v) is 5.97. The van der Waals surface area contributed by atoms with Crippen LogP contribution >= 0.6 is 0 Å². The molecule has 0 aliphatic heterocycles. The van der Waals surface area contributed by atoms with Crippen molar-refractivity contribution in [3.8, 4) is 0 Å². The third-order valence-electron chi connectivity index (χ3n) is 2.71. The summed E-state index contributed by atoms with van der Waals surface area (Å²) in [4.78, 5) is 11.7. The van der Waals surface area contributed by atoms with Crippen LogP contribution in [0.2, 0.25) is 0 Å². The largest absolute Gasteiger partial charge is 0.330 e. The van der Waals surface area contributed by atoms with E-state index in [9.17, 15) is 13.2 Å². The number of hydrogen-bond donors (Lipinski definition) is 2. The van der Waals surface area contributed by atoms with E-state index in [-0.39, 0.29) is 10.7 Å². The molecule has 0 aliphatic rings. The fourth-order valence-electron chi connectivity index (χ4n) is 1.60. The molecule has 19 heavy (non-hydrogen) atoms. The Morgan fingerprint density at radius 1 is 1.32 bits per heavy atom. The van der Waals surface area contributed by atoms with Crippen LogP contribution < -0.4 is 10.5 Å². The maximum atomic E-state index is 12.0. The van der Waals surface area contributed by atoms with Gasteiger partial charge in [-0.25, -0.2) is 13.1 Å². The van der Waals surface area contributed by atoms with Gasteiger partial charge in [-0.05, 0) is 31.5 Å². The maximum Gasteiger partial charge on any atom is 0.240 e. The first-order chi connectivity index (χ1) is 9.01. The number of sulfonamides is 1. The highest BCUT2D eigenvalue weighted by Crippen LogP contribution is 2.13. The molecule has 0 bridgehead atoms. The van der Waals surface area contributed by atoms with E-state index in [4.69, 9.17) is 5.73 Å². The molecule has 0 saturated heterocycles. The number of hydrogen-bond acceptors (Lipinski definition) is 4. The van der Waals surface area contributed by atoms with Gasteiger partial charge in [0.15, 0.2) is 5.78 Å². The molecule has 1 rings (SSSR count). The Morgan fingerprint density at radius 2 is 2.05 bits per heavy atom. The third-order valence-corrected chi connectivity index (χ3v) is 4.17. The number of rotatable bonds is 8. The zero-order valence-corrected chi connectivity index (χ0v) is 11.9. The van der Waals surface area contributed by atoms with E-state index in [0.717, 1.165) is 6.42 Å². The second kappa shape index (κ2) is 7.37. The normalized spacial score (nSPS) is 11.5. The molecule has 0 amide bonds.